The summed E-state index contributed by atoms with van der Waals surface area (Å²) in [5.41, 5.74) is 6.32. The number of unbranched alkanes of at least 4 members (excludes halogenated alkanes) is 12. The molecule has 1 aliphatic rings. The van der Waals surface area contributed by atoms with Crippen molar-refractivity contribution in [3.8, 4) is 46.0 Å². The quantitative estimate of drug-likeness (QED) is 0.0196. The van der Waals surface area contributed by atoms with Crippen LogP contribution in [0.5, 0.6) is 46.0 Å². The van der Waals surface area contributed by atoms with E-state index < -0.39 is 23.7 Å². The molecule has 0 saturated carbocycles. The number of benzene rings is 4. The van der Waals surface area contributed by atoms with Crippen molar-refractivity contribution in [1.29, 1.82) is 0 Å². The van der Waals surface area contributed by atoms with E-state index in [1.807, 2.05) is 24.3 Å². The molecule has 16 N–H and O–H groups in total. The lowest BCUT2D eigenvalue weighted by Crippen LogP contribution is -2.82. The van der Waals surface area contributed by atoms with Gasteiger partial charge in [0.1, 0.15) is 72.2 Å². The first-order valence-corrected chi connectivity index (χ1v) is 32.4. The van der Waals surface area contributed by atoms with Crippen LogP contribution in [0.4, 0.5) is 0 Å². The first kappa shape index (κ1) is 65.9. The maximum Gasteiger partial charge on any atom is 0.132 e. The van der Waals surface area contributed by atoms with Gasteiger partial charge < -0.3 is 62.1 Å². The summed E-state index contributed by atoms with van der Waals surface area (Å²) < 4.78 is 0. The molecule has 4 aromatic rings. The average molecular weight is 1110 g/mol. The third-order valence-corrected chi connectivity index (χ3v) is 17.5. The molecule has 12 nitrogen and oxygen atoms in total. The molecule has 0 spiro atoms. The van der Waals surface area contributed by atoms with Crippen LogP contribution in [0.2, 0.25) is 0 Å². The highest BCUT2D eigenvalue weighted by Gasteiger charge is 2.38. The van der Waals surface area contributed by atoms with Gasteiger partial charge in [-0.15, -0.1) is 0 Å². The number of nitrogens with two attached hydrogens (primary N) is 4. The topological polar surface area (TPSA) is 228 Å². The van der Waals surface area contributed by atoms with Gasteiger partial charge in [0.25, 0.3) is 0 Å². The fourth-order valence-electron chi connectivity index (χ4n) is 12.6. The van der Waals surface area contributed by atoms with E-state index in [9.17, 15) is 40.9 Å². The summed E-state index contributed by atoms with van der Waals surface area (Å²) in [6.07, 6.45) is 20.6. The molecule has 1 aliphatic carbocycles. The second-order valence-electron chi connectivity index (χ2n) is 23.7. The van der Waals surface area contributed by atoms with Gasteiger partial charge in [-0.25, -0.2) is 0 Å². The van der Waals surface area contributed by atoms with Crippen molar-refractivity contribution < 1.29 is 62.1 Å². The molecular weight excluding hydrogens is 1000 g/mol. The zero-order valence-electron chi connectivity index (χ0n) is 51.1. The van der Waals surface area contributed by atoms with Crippen molar-refractivity contribution in [2.75, 3.05) is 26.2 Å². The van der Waals surface area contributed by atoms with E-state index in [0.29, 0.717) is 119 Å². The predicted molar refractivity (Wildman–Crippen MR) is 325 cm³/mol. The van der Waals surface area contributed by atoms with Gasteiger partial charge in [0.15, 0.2) is 0 Å². The van der Waals surface area contributed by atoms with E-state index in [0.717, 1.165) is 155 Å². The number of rotatable bonds is 36. The number of phenolic OH excluding ortho intramolecular Hbond substituents is 8. The Bertz CT molecular complexity index is 2060. The van der Waals surface area contributed by atoms with E-state index in [4.69, 9.17) is 0 Å². The molecule has 4 aromatic carbocycles. The van der Waals surface area contributed by atoms with Crippen molar-refractivity contribution in [3.05, 3.63) is 91.0 Å². The predicted octanol–water partition coefficient (Wildman–Crippen LogP) is 11.9. The number of fused-ring (bicyclic) bond motifs is 8. The highest BCUT2D eigenvalue weighted by molar-refractivity contribution is 5.67. The molecule has 0 fully saturated rings. The smallest absolute Gasteiger partial charge is 0.132 e. The standard InChI is InChI=1S/C68H108N4O8/c1-9-17-25-29-45-49-37-51(63(75)57(61(49)73)41-69-33-21-13-5)46(30-26-18-10-2)53-39-55(67(79)59(65(53)77)43-71-35-23-15-7)48(32-28-20-12-4)56-40-54(66(78)60(68(56)80)44-72-36-24-16-8)47(31-27-19-11-3)52-38-50(45)62(74)58(64(52)76)42-70-34-22-14-6/h37-40,45-48,69-80H,9-36,41-44H2,1-8H3/p+4. The van der Waals surface area contributed by atoms with Crippen molar-refractivity contribution >= 4 is 0 Å². The molecule has 5 rings (SSSR count). The highest BCUT2D eigenvalue weighted by atomic mass is 16.3. The second-order valence-corrected chi connectivity index (χ2v) is 23.7. The van der Waals surface area contributed by atoms with Crippen LogP contribution in [0.15, 0.2) is 24.3 Å². The van der Waals surface area contributed by atoms with Crippen LogP contribution in [0.25, 0.3) is 0 Å². The molecule has 0 amide bonds. The maximum absolute atomic E-state index is 13.0. The first-order valence-electron chi connectivity index (χ1n) is 32.4. The summed E-state index contributed by atoms with van der Waals surface area (Å²) in [7, 11) is 0. The molecule has 448 valence electrons. The normalized spacial score (nSPS) is 16.2. The Morgan fingerprint density at radius 3 is 0.562 bits per heavy atom. The summed E-state index contributed by atoms with van der Waals surface area (Å²) in [4.78, 5) is 0. The number of phenols is 8. The van der Waals surface area contributed by atoms with E-state index in [1.54, 1.807) is 0 Å². The van der Waals surface area contributed by atoms with Gasteiger partial charge in [-0.2, -0.15) is 0 Å². The van der Waals surface area contributed by atoms with Crippen LogP contribution >= 0.6 is 0 Å². The van der Waals surface area contributed by atoms with Gasteiger partial charge >= 0.3 is 0 Å². The van der Waals surface area contributed by atoms with Gasteiger partial charge in [-0.05, 0) is 75.6 Å². The Labute approximate surface area is 482 Å². The van der Waals surface area contributed by atoms with Gasteiger partial charge in [-0.1, -0.05) is 158 Å². The fraction of sp³-hybridized carbons (Fsp3) is 0.647. The third kappa shape index (κ3) is 16.7. The summed E-state index contributed by atoms with van der Waals surface area (Å²) in [5.74, 6) is -2.46. The Kier molecular flexibility index (Phi) is 28.5. The summed E-state index contributed by atoms with van der Waals surface area (Å²) >= 11 is 0. The van der Waals surface area contributed by atoms with Crippen molar-refractivity contribution in [2.24, 2.45) is 0 Å². The number of quaternary nitrogens is 4. The molecule has 0 unspecified atom stereocenters. The second kappa shape index (κ2) is 34.5. The van der Waals surface area contributed by atoms with Crippen LogP contribution in [-0.4, -0.2) is 67.0 Å². The summed E-state index contributed by atoms with van der Waals surface area (Å²) in [5, 5.41) is 113. The molecule has 12 heteroatoms. The minimum Gasteiger partial charge on any atom is -0.507 e. The molecule has 0 aromatic heterocycles. The summed E-state index contributed by atoms with van der Waals surface area (Å²) in [6.45, 7) is 21.7. The molecule has 0 radical (unpaired) electrons. The molecule has 0 heterocycles. The van der Waals surface area contributed by atoms with Gasteiger partial charge in [0, 0.05) is 68.2 Å². The lowest BCUT2D eigenvalue weighted by Gasteiger charge is -2.31. The Morgan fingerprint density at radius 1 is 0.250 bits per heavy atom. The monoisotopic (exact) mass is 1110 g/mol. The average Bonchev–Trinajstić information content (AvgIpc) is 3.44. The first-order chi connectivity index (χ1) is 38.8. The molecule has 0 aliphatic heterocycles. The lowest BCUT2D eigenvalue weighted by molar-refractivity contribution is -0.671. The zero-order valence-corrected chi connectivity index (χ0v) is 51.1. The highest BCUT2D eigenvalue weighted by Crippen LogP contribution is 2.55. The Balaban J connectivity index is 2.14. The largest absolute Gasteiger partial charge is 0.507 e. The minimum absolute atomic E-state index is 0.0129. The molecule has 0 atom stereocenters. The summed E-state index contributed by atoms with van der Waals surface area (Å²) in [6, 6.07) is 7.82. The van der Waals surface area contributed by atoms with E-state index >= 15 is 0 Å². The molecular formula is C68H112N4O8+4. The van der Waals surface area contributed by atoms with Crippen molar-refractivity contribution in [1.82, 2.24) is 0 Å². The molecule has 0 saturated heterocycles. The van der Waals surface area contributed by atoms with Gasteiger partial charge in [-0.3, -0.25) is 0 Å². The molecule has 80 heavy (non-hydrogen) atoms. The van der Waals surface area contributed by atoms with Crippen molar-refractivity contribution in [2.45, 2.75) is 259 Å². The minimum atomic E-state index is -0.590. The fourth-order valence-corrected chi connectivity index (χ4v) is 12.6. The van der Waals surface area contributed by atoms with Crippen LogP contribution in [0.1, 0.15) is 300 Å². The Hall–Kier alpha value is -4.88. The Morgan fingerprint density at radius 2 is 0.412 bits per heavy atom. The van der Waals surface area contributed by atoms with Crippen LogP contribution in [-0.2, 0) is 26.2 Å². The van der Waals surface area contributed by atoms with E-state index in [2.05, 4.69) is 76.7 Å². The number of aromatic hydroxyl groups is 8. The van der Waals surface area contributed by atoms with Crippen LogP contribution in [0.3, 0.4) is 0 Å². The lowest BCUT2D eigenvalue weighted by atomic mass is 9.74. The third-order valence-electron chi connectivity index (χ3n) is 17.5. The maximum atomic E-state index is 13.0. The molecule has 8 bridgehead atoms. The van der Waals surface area contributed by atoms with Gasteiger partial charge in [0.05, 0.1) is 48.4 Å². The van der Waals surface area contributed by atoms with Crippen LogP contribution < -0.4 is 21.3 Å². The van der Waals surface area contributed by atoms with E-state index in [-0.39, 0.29) is 46.0 Å². The van der Waals surface area contributed by atoms with Crippen LogP contribution in [0, 0.1) is 0 Å². The number of hydrogen-bond donors (Lipinski definition) is 12. The van der Waals surface area contributed by atoms with E-state index in [1.165, 1.54) is 0 Å². The number of hydrogen-bond acceptors (Lipinski definition) is 8. The van der Waals surface area contributed by atoms with Crippen molar-refractivity contribution in [3.63, 3.8) is 0 Å². The zero-order chi connectivity index (χ0) is 58.1. The van der Waals surface area contributed by atoms with Gasteiger partial charge in [0.2, 0.25) is 0 Å². The SMILES string of the molecule is CCCCCC1c2cc(c(O)c(C[NH2+]CCCC)c2O)C(CCCCC)c2cc(c(O)c(C[NH2+]CCCC)c2O)C(CCCCC)c2cc(c(O)c(C[NH2+]CCCC)c2O)C(CCCCC)c2cc1c(O)c(C[NH2+]CCCC)c2O.